The van der Waals surface area contributed by atoms with Gasteiger partial charge in [0.15, 0.2) is 0 Å². The highest BCUT2D eigenvalue weighted by atomic mass is 79.9. The summed E-state index contributed by atoms with van der Waals surface area (Å²) in [5.74, 6) is 0.949. The van der Waals surface area contributed by atoms with Crippen molar-refractivity contribution in [3.8, 4) is 0 Å². The predicted molar refractivity (Wildman–Crippen MR) is 66.9 cm³/mol. The highest BCUT2D eigenvalue weighted by molar-refractivity contribution is 9.10. The summed E-state index contributed by atoms with van der Waals surface area (Å²) >= 11 is 3.40. The first-order valence-corrected chi connectivity index (χ1v) is 5.98. The van der Waals surface area contributed by atoms with E-state index in [1.54, 1.807) is 0 Å². The lowest BCUT2D eigenvalue weighted by atomic mass is 10.1. The maximum atomic E-state index is 4.48. The van der Waals surface area contributed by atoms with Crippen LogP contribution in [0.4, 0.5) is 11.5 Å². The molecule has 2 aromatic heterocycles. The van der Waals surface area contributed by atoms with Crippen LogP contribution in [0.2, 0.25) is 0 Å². The van der Waals surface area contributed by atoms with Crippen LogP contribution in [-0.2, 0) is 12.8 Å². The predicted octanol–water partition coefficient (Wildman–Crippen LogP) is 3.08. The number of pyridine rings is 2. The van der Waals surface area contributed by atoms with Gasteiger partial charge < -0.3 is 5.32 Å². The molecule has 3 nitrogen and oxygen atoms in total. The molecule has 0 atom stereocenters. The number of nitrogens with one attached hydrogen (secondary N) is 1. The number of anilines is 2. The summed E-state index contributed by atoms with van der Waals surface area (Å²) in [6.07, 6.45) is 3.73. The molecule has 4 heteroatoms. The van der Waals surface area contributed by atoms with Crippen molar-refractivity contribution in [3.05, 3.63) is 46.3 Å². The fraction of sp³-hybridized carbons (Fsp3) is 0.167. The minimum atomic E-state index is 0.881. The number of aryl methyl sites for hydroxylation is 2. The van der Waals surface area contributed by atoms with Gasteiger partial charge in [-0.2, -0.15) is 0 Å². The van der Waals surface area contributed by atoms with Gasteiger partial charge in [0.2, 0.25) is 0 Å². The van der Waals surface area contributed by atoms with Crippen molar-refractivity contribution in [2.45, 2.75) is 12.8 Å². The fourth-order valence-electron chi connectivity index (χ4n) is 1.91. The van der Waals surface area contributed by atoms with Crippen molar-refractivity contribution >= 4 is 27.4 Å². The molecule has 0 spiro atoms. The molecule has 0 fully saturated rings. The van der Waals surface area contributed by atoms with Gasteiger partial charge in [-0.25, -0.2) is 9.97 Å². The number of hydrogen-bond donors (Lipinski definition) is 1. The van der Waals surface area contributed by atoms with Gasteiger partial charge in [0, 0.05) is 6.20 Å². The molecule has 1 N–H and O–H groups in total. The number of halogens is 1. The normalized spacial score (nSPS) is 13.3. The summed E-state index contributed by atoms with van der Waals surface area (Å²) in [7, 11) is 0. The average molecular weight is 276 g/mol. The van der Waals surface area contributed by atoms with Crippen LogP contribution in [-0.4, -0.2) is 9.97 Å². The van der Waals surface area contributed by atoms with Crippen LogP contribution in [0.25, 0.3) is 0 Å². The zero-order chi connectivity index (χ0) is 11.0. The number of rotatable bonds is 0. The molecule has 3 rings (SSSR count). The number of hydrogen-bond acceptors (Lipinski definition) is 3. The summed E-state index contributed by atoms with van der Waals surface area (Å²) in [6, 6.07) is 8.06. The molecule has 2 aromatic rings. The van der Waals surface area contributed by atoms with Crippen molar-refractivity contribution in [3.63, 3.8) is 0 Å². The third-order valence-electron chi connectivity index (χ3n) is 2.72. The lowest BCUT2D eigenvalue weighted by molar-refractivity contribution is 0.922. The van der Waals surface area contributed by atoms with Crippen molar-refractivity contribution in [2.75, 3.05) is 5.32 Å². The van der Waals surface area contributed by atoms with Crippen molar-refractivity contribution < 1.29 is 0 Å². The van der Waals surface area contributed by atoms with E-state index in [2.05, 4.69) is 37.3 Å². The zero-order valence-electron chi connectivity index (χ0n) is 8.57. The Morgan fingerprint density at radius 1 is 1.19 bits per heavy atom. The first-order valence-electron chi connectivity index (χ1n) is 5.19. The van der Waals surface area contributed by atoms with Crippen LogP contribution in [0.15, 0.2) is 35.1 Å². The maximum absolute atomic E-state index is 4.48. The summed E-state index contributed by atoms with van der Waals surface area (Å²) in [6.45, 7) is 0. The molecule has 0 bridgehead atoms. The van der Waals surface area contributed by atoms with Crippen LogP contribution < -0.4 is 5.32 Å². The van der Waals surface area contributed by atoms with E-state index < -0.39 is 0 Å². The highest BCUT2D eigenvalue weighted by Crippen LogP contribution is 2.28. The Hall–Kier alpha value is -1.42. The summed E-state index contributed by atoms with van der Waals surface area (Å²) < 4.78 is 0.881. The van der Waals surface area contributed by atoms with Gasteiger partial charge in [-0.3, -0.25) is 0 Å². The Kier molecular flexibility index (Phi) is 2.36. The Morgan fingerprint density at radius 2 is 2.12 bits per heavy atom. The molecule has 0 aliphatic carbocycles. The van der Waals surface area contributed by atoms with E-state index in [1.165, 1.54) is 5.56 Å². The second-order valence-electron chi connectivity index (χ2n) is 3.76. The van der Waals surface area contributed by atoms with Gasteiger partial charge in [0.25, 0.3) is 0 Å². The minimum absolute atomic E-state index is 0.881. The van der Waals surface area contributed by atoms with Gasteiger partial charge in [0.05, 0.1) is 11.4 Å². The van der Waals surface area contributed by atoms with E-state index in [0.717, 1.165) is 34.6 Å². The van der Waals surface area contributed by atoms with Crippen molar-refractivity contribution in [1.29, 1.82) is 0 Å². The van der Waals surface area contributed by atoms with Gasteiger partial charge in [0.1, 0.15) is 10.4 Å². The van der Waals surface area contributed by atoms with Gasteiger partial charge >= 0.3 is 0 Å². The number of fused-ring (bicyclic) bond motifs is 2. The monoisotopic (exact) mass is 275 g/mol. The first kappa shape index (κ1) is 9.78. The lowest BCUT2D eigenvalue weighted by Gasteiger charge is -2.07. The Labute approximate surface area is 102 Å². The van der Waals surface area contributed by atoms with E-state index >= 15 is 0 Å². The lowest BCUT2D eigenvalue weighted by Crippen LogP contribution is -1.97. The molecule has 1 aliphatic heterocycles. The zero-order valence-corrected chi connectivity index (χ0v) is 10.2. The van der Waals surface area contributed by atoms with Crippen LogP contribution in [0.3, 0.4) is 0 Å². The molecule has 80 valence electrons. The molecule has 0 saturated heterocycles. The minimum Gasteiger partial charge on any atom is -0.339 e. The topological polar surface area (TPSA) is 37.8 Å². The summed E-state index contributed by atoms with van der Waals surface area (Å²) in [4.78, 5) is 8.83. The Bertz CT molecular complexity index is 540. The Balaban J connectivity index is 2.08. The third-order valence-corrected chi connectivity index (χ3v) is 3.16. The van der Waals surface area contributed by atoms with Crippen LogP contribution in [0.1, 0.15) is 11.3 Å². The summed E-state index contributed by atoms with van der Waals surface area (Å²) in [5.41, 5.74) is 3.39. The quantitative estimate of drug-likeness (QED) is 0.751. The maximum Gasteiger partial charge on any atom is 0.133 e. The van der Waals surface area contributed by atoms with Crippen molar-refractivity contribution in [1.82, 2.24) is 9.97 Å². The molecular formula is C12H10BrN3. The van der Waals surface area contributed by atoms with E-state index in [0.29, 0.717) is 0 Å². The third kappa shape index (κ3) is 1.69. The first-order chi connectivity index (χ1) is 7.83. The van der Waals surface area contributed by atoms with E-state index in [-0.39, 0.29) is 0 Å². The summed E-state index contributed by atoms with van der Waals surface area (Å²) in [5, 5.41) is 3.34. The van der Waals surface area contributed by atoms with Crippen LogP contribution >= 0.6 is 15.9 Å². The van der Waals surface area contributed by atoms with E-state index in [4.69, 9.17) is 0 Å². The molecule has 0 radical (unpaired) electrons. The molecule has 0 aromatic carbocycles. The van der Waals surface area contributed by atoms with Gasteiger partial charge in [-0.05, 0) is 52.5 Å². The number of nitrogens with zero attached hydrogens (tertiary/aromatic N) is 2. The van der Waals surface area contributed by atoms with Gasteiger partial charge in [-0.15, -0.1) is 0 Å². The van der Waals surface area contributed by atoms with E-state index in [1.807, 2.05) is 24.4 Å². The smallest absolute Gasteiger partial charge is 0.133 e. The average Bonchev–Trinajstić information content (AvgIpc) is 2.48. The standard InChI is InChI=1S/C12H10BrN3/c13-11-6-5-10-9(15-11)4-3-8-2-1-7-14-12(8)16-10/h1-2,5-7H,3-4H2,(H,14,16). The highest BCUT2D eigenvalue weighted by Gasteiger charge is 2.13. The molecule has 0 amide bonds. The molecule has 0 unspecified atom stereocenters. The fourth-order valence-corrected chi connectivity index (χ4v) is 2.26. The molecule has 0 saturated carbocycles. The molecule has 3 heterocycles. The molecular weight excluding hydrogens is 266 g/mol. The van der Waals surface area contributed by atoms with Gasteiger partial charge in [-0.1, -0.05) is 6.07 Å². The van der Waals surface area contributed by atoms with Crippen LogP contribution in [0, 0.1) is 0 Å². The van der Waals surface area contributed by atoms with Crippen LogP contribution in [0.5, 0.6) is 0 Å². The van der Waals surface area contributed by atoms with E-state index in [9.17, 15) is 0 Å². The Morgan fingerprint density at radius 3 is 3.06 bits per heavy atom. The molecule has 1 aliphatic rings. The second kappa shape index (κ2) is 3.87. The SMILES string of the molecule is Brc1ccc2c(n1)CCc1cccnc1N2. The number of aromatic nitrogens is 2. The second-order valence-corrected chi connectivity index (χ2v) is 4.58. The largest absolute Gasteiger partial charge is 0.339 e. The van der Waals surface area contributed by atoms with Crippen molar-refractivity contribution in [2.24, 2.45) is 0 Å². The molecule has 16 heavy (non-hydrogen) atoms.